The Bertz CT molecular complexity index is 463. The molecule has 0 saturated carbocycles. The summed E-state index contributed by atoms with van der Waals surface area (Å²) in [6, 6.07) is 0. The molecule has 0 radical (unpaired) electrons. The number of carboxylic acid groups (broad SMARTS) is 1. The minimum Gasteiger partial charge on any atom is -0.481 e. The highest BCUT2D eigenvalue weighted by molar-refractivity contribution is 7.80. The Morgan fingerprint density at radius 1 is 1.13 bits per heavy atom. The van der Waals surface area contributed by atoms with Crippen molar-refractivity contribution >= 4 is 29.3 Å². The van der Waals surface area contributed by atoms with Gasteiger partial charge in [0.1, 0.15) is 0 Å². The molecule has 0 fully saturated rings. The lowest BCUT2D eigenvalue weighted by Crippen LogP contribution is -2.42. The number of unbranched alkanes of at least 4 members (excludes halogenated alkanes) is 6. The number of carbonyl (C=O) groups is 2. The summed E-state index contributed by atoms with van der Waals surface area (Å²) in [6.07, 6.45) is 7.11. The number of ether oxygens (including phenoxy) is 1. The number of nitrogens with one attached hydrogen (secondary N) is 2. The number of esters is 1. The fraction of sp³-hybridized carbons (Fsp3) is 0.688. The molecule has 1 rings (SSSR count). The van der Waals surface area contributed by atoms with Crippen molar-refractivity contribution in [3.63, 3.8) is 0 Å². The first-order valence-corrected chi connectivity index (χ1v) is 8.55. The van der Waals surface area contributed by atoms with E-state index in [9.17, 15) is 9.59 Å². The zero-order valence-corrected chi connectivity index (χ0v) is 14.5. The number of carboxylic acids is 1. The maximum absolute atomic E-state index is 11.9. The molecule has 130 valence electrons. The van der Waals surface area contributed by atoms with Gasteiger partial charge in [0.15, 0.2) is 5.11 Å². The molecule has 0 saturated heterocycles. The van der Waals surface area contributed by atoms with Crippen LogP contribution in [0.4, 0.5) is 0 Å². The smallest absolute Gasteiger partial charge is 0.337 e. The van der Waals surface area contributed by atoms with Crippen molar-refractivity contribution in [2.75, 3.05) is 13.2 Å². The molecule has 0 aromatic heterocycles. The fourth-order valence-electron chi connectivity index (χ4n) is 2.33. The van der Waals surface area contributed by atoms with E-state index >= 15 is 0 Å². The van der Waals surface area contributed by atoms with Crippen molar-refractivity contribution in [2.24, 2.45) is 0 Å². The molecule has 0 aromatic rings. The van der Waals surface area contributed by atoms with E-state index < -0.39 is 5.97 Å². The third kappa shape index (κ3) is 8.54. The highest BCUT2D eigenvalue weighted by atomic mass is 32.1. The molecule has 0 aliphatic carbocycles. The largest absolute Gasteiger partial charge is 0.481 e. The predicted octanol–water partition coefficient (Wildman–Crippen LogP) is 2.49. The van der Waals surface area contributed by atoms with Gasteiger partial charge in [-0.15, -0.1) is 0 Å². The SMILES string of the molecule is CC1=C(C(=O)OCCCCCCCCCC(=O)O)CNC(=S)N1. The van der Waals surface area contributed by atoms with Gasteiger partial charge in [0.2, 0.25) is 0 Å². The number of aliphatic carboxylic acids is 1. The monoisotopic (exact) mass is 342 g/mol. The molecule has 1 aliphatic heterocycles. The summed E-state index contributed by atoms with van der Waals surface area (Å²) >= 11 is 4.97. The van der Waals surface area contributed by atoms with Crippen molar-refractivity contribution in [1.29, 1.82) is 0 Å². The second-order valence-corrected chi connectivity index (χ2v) is 6.07. The minimum atomic E-state index is -0.720. The fourth-order valence-corrected chi connectivity index (χ4v) is 2.56. The molecule has 0 atom stereocenters. The summed E-state index contributed by atoms with van der Waals surface area (Å²) in [6.45, 7) is 2.65. The normalized spacial score (nSPS) is 14.2. The Kier molecular flexibility index (Phi) is 9.28. The van der Waals surface area contributed by atoms with E-state index in [4.69, 9.17) is 22.1 Å². The summed E-state index contributed by atoms with van der Waals surface area (Å²) in [5.41, 5.74) is 1.34. The Balaban J connectivity index is 2.00. The average Bonchev–Trinajstić information content (AvgIpc) is 2.48. The Labute approximate surface area is 142 Å². The molecule has 0 amide bonds. The highest BCUT2D eigenvalue weighted by Gasteiger charge is 2.19. The van der Waals surface area contributed by atoms with Gasteiger partial charge in [-0.3, -0.25) is 4.79 Å². The second-order valence-electron chi connectivity index (χ2n) is 5.67. The number of hydrogen-bond acceptors (Lipinski definition) is 4. The molecule has 23 heavy (non-hydrogen) atoms. The van der Waals surface area contributed by atoms with Crippen molar-refractivity contribution in [3.8, 4) is 0 Å². The van der Waals surface area contributed by atoms with Crippen LogP contribution in [0.2, 0.25) is 0 Å². The Hall–Kier alpha value is -1.63. The molecule has 0 bridgehead atoms. The maximum Gasteiger partial charge on any atom is 0.337 e. The van der Waals surface area contributed by atoms with E-state index in [1.54, 1.807) is 0 Å². The molecule has 1 aliphatic rings. The van der Waals surface area contributed by atoms with Crippen molar-refractivity contribution in [1.82, 2.24) is 10.6 Å². The van der Waals surface area contributed by atoms with Gasteiger partial charge in [-0.2, -0.15) is 0 Å². The lowest BCUT2D eigenvalue weighted by molar-refractivity contribution is -0.139. The first kappa shape index (κ1) is 19.4. The molecule has 1 heterocycles. The number of allylic oxidation sites excluding steroid dienone is 1. The van der Waals surface area contributed by atoms with Crippen LogP contribution in [0.5, 0.6) is 0 Å². The van der Waals surface area contributed by atoms with Gasteiger partial charge in [0, 0.05) is 12.1 Å². The van der Waals surface area contributed by atoms with Gasteiger partial charge >= 0.3 is 11.9 Å². The molecule has 0 aromatic carbocycles. The summed E-state index contributed by atoms with van der Waals surface area (Å²) in [5, 5.41) is 14.9. The van der Waals surface area contributed by atoms with Gasteiger partial charge in [-0.25, -0.2) is 4.79 Å². The van der Waals surface area contributed by atoms with E-state index in [0.717, 1.165) is 50.6 Å². The van der Waals surface area contributed by atoms with Gasteiger partial charge in [0.25, 0.3) is 0 Å². The van der Waals surface area contributed by atoms with Gasteiger partial charge in [-0.1, -0.05) is 32.1 Å². The van der Waals surface area contributed by atoms with Crippen LogP contribution >= 0.6 is 12.2 Å². The van der Waals surface area contributed by atoms with Crippen LogP contribution in [0.1, 0.15) is 58.3 Å². The lowest BCUT2D eigenvalue weighted by atomic mass is 10.1. The zero-order valence-electron chi connectivity index (χ0n) is 13.7. The second kappa shape index (κ2) is 11.0. The number of thiocarbonyl (C=S) groups is 1. The van der Waals surface area contributed by atoms with Crippen LogP contribution in [0, 0.1) is 0 Å². The first-order chi connectivity index (χ1) is 11.0. The van der Waals surface area contributed by atoms with Crippen LogP contribution in [0.15, 0.2) is 11.3 Å². The standard InChI is InChI=1S/C16H26N2O4S/c1-12-13(11-17-16(23)18-12)15(21)22-10-8-6-4-2-3-5-7-9-14(19)20/h2-11H2,1H3,(H,19,20)(H2,17,18,23). The number of rotatable bonds is 11. The third-order valence-corrected chi connectivity index (χ3v) is 3.94. The molecule has 7 heteroatoms. The highest BCUT2D eigenvalue weighted by Crippen LogP contribution is 2.10. The van der Waals surface area contributed by atoms with E-state index in [-0.39, 0.29) is 12.4 Å². The lowest BCUT2D eigenvalue weighted by Gasteiger charge is -2.20. The summed E-state index contributed by atoms with van der Waals surface area (Å²) in [5.74, 6) is -1.01. The molecule has 3 N–H and O–H groups in total. The van der Waals surface area contributed by atoms with Gasteiger partial charge < -0.3 is 20.5 Å². The minimum absolute atomic E-state index is 0.264. The van der Waals surface area contributed by atoms with Crippen molar-refractivity contribution < 1.29 is 19.4 Å². The molecule has 0 spiro atoms. The average molecular weight is 342 g/mol. The molecule has 0 unspecified atom stereocenters. The van der Waals surface area contributed by atoms with Gasteiger partial charge in [-0.05, 0) is 32.0 Å². The van der Waals surface area contributed by atoms with Crippen molar-refractivity contribution in [2.45, 2.75) is 58.3 Å². The first-order valence-electron chi connectivity index (χ1n) is 8.14. The van der Waals surface area contributed by atoms with Crippen molar-refractivity contribution in [3.05, 3.63) is 11.3 Å². The van der Waals surface area contributed by atoms with Crippen LogP contribution in [-0.2, 0) is 14.3 Å². The molecular formula is C16H26N2O4S. The quantitative estimate of drug-likeness (QED) is 0.302. The molecular weight excluding hydrogens is 316 g/mol. The van der Waals surface area contributed by atoms with E-state index in [2.05, 4.69) is 10.6 Å². The van der Waals surface area contributed by atoms with E-state index in [1.165, 1.54) is 0 Å². The van der Waals surface area contributed by atoms with Crippen LogP contribution < -0.4 is 10.6 Å². The van der Waals surface area contributed by atoms with Crippen LogP contribution in [0.3, 0.4) is 0 Å². The third-order valence-electron chi connectivity index (χ3n) is 3.69. The van der Waals surface area contributed by atoms with Crippen LogP contribution in [0.25, 0.3) is 0 Å². The summed E-state index contributed by atoms with van der Waals surface area (Å²) in [7, 11) is 0. The van der Waals surface area contributed by atoms with Crippen LogP contribution in [-0.4, -0.2) is 35.3 Å². The zero-order chi connectivity index (χ0) is 17.1. The van der Waals surface area contributed by atoms with E-state index in [1.807, 2.05) is 6.92 Å². The Morgan fingerprint density at radius 3 is 2.35 bits per heavy atom. The number of carbonyl (C=O) groups excluding carboxylic acids is 1. The van der Waals surface area contributed by atoms with E-state index in [0.29, 0.717) is 23.8 Å². The predicted molar refractivity (Wildman–Crippen MR) is 92.0 cm³/mol. The summed E-state index contributed by atoms with van der Waals surface area (Å²) < 4.78 is 5.27. The molecule has 6 nitrogen and oxygen atoms in total. The van der Waals surface area contributed by atoms with Gasteiger partial charge in [0.05, 0.1) is 18.7 Å². The maximum atomic E-state index is 11.9. The number of hydrogen-bond donors (Lipinski definition) is 3. The Morgan fingerprint density at radius 2 is 1.74 bits per heavy atom. The summed E-state index contributed by atoms with van der Waals surface area (Å²) in [4.78, 5) is 22.3. The topological polar surface area (TPSA) is 87.7 Å².